The van der Waals surface area contributed by atoms with Crippen molar-refractivity contribution in [2.75, 3.05) is 18.8 Å². The van der Waals surface area contributed by atoms with Gasteiger partial charge >= 0.3 is 0 Å². The van der Waals surface area contributed by atoms with Crippen LogP contribution in [0.25, 0.3) is 0 Å². The van der Waals surface area contributed by atoms with Crippen LogP contribution in [0.15, 0.2) is 0 Å². The van der Waals surface area contributed by atoms with E-state index in [1.807, 2.05) is 0 Å². The van der Waals surface area contributed by atoms with E-state index >= 15 is 0 Å². The third kappa shape index (κ3) is 2.05. The van der Waals surface area contributed by atoms with Gasteiger partial charge in [0.2, 0.25) is 10.0 Å². The summed E-state index contributed by atoms with van der Waals surface area (Å²) < 4.78 is 25.1. The average molecular weight is 232 g/mol. The summed E-state index contributed by atoms with van der Waals surface area (Å²) in [4.78, 5) is 0. The molecule has 0 amide bonds. The van der Waals surface area contributed by atoms with Crippen molar-refractivity contribution in [3.63, 3.8) is 0 Å². The van der Waals surface area contributed by atoms with Gasteiger partial charge in [0.15, 0.2) is 0 Å². The van der Waals surface area contributed by atoms with E-state index in [0.717, 1.165) is 19.3 Å². The number of nitrogens with two attached hydrogens (primary N) is 1. The highest BCUT2D eigenvalue weighted by molar-refractivity contribution is 7.89. The van der Waals surface area contributed by atoms with Crippen LogP contribution in [0.1, 0.15) is 26.2 Å². The van der Waals surface area contributed by atoms with E-state index < -0.39 is 10.0 Å². The van der Waals surface area contributed by atoms with Crippen molar-refractivity contribution in [3.05, 3.63) is 0 Å². The quantitative estimate of drug-likeness (QED) is 0.749. The maximum atomic E-state index is 11.7. The Labute approximate surface area is 91.9 Å². The first-order chi connectivity index (χ1) is 7.04. The molecular weight excluding hydrogens is 212 g/mol. The Balaban J connectivity index is 2.10. The summed E-state index contributed by atoms with van der Waals surface area (Å²) in [7, 11) is -3.00. The standard InChI is InChI=1S/C10H20N2O2S/c1-2-15(13,14)12-6-8-4-3-5-10(11)9(8)7-12/h8-10H,2-7,11H2,1H3. The molecule has 2 rings (SSSR count). The summed E-state index contributed by atoms with van der Waals surface area (Å²) in [6.07, 6.45) is 3.36. The van der Waals surface area contributed by atoms with Crippen molar-refractivity contribution >= 4 is 10.0 Å². The highest BCUT2D eigenvalue weighted by Gasteiger charge is 2.42. The largest absolute Gasteiger partial charge is 0.327 e. The van der Waals surface area contributed by atoms with Gasteiger partial charge in [0.05, 0.1) is 5.75 Å². The number of hydrogen-bond donors (Lipinski definition) is 1. The van der Waals surface area contributed by atoms with Crippen LogP contribution < -0.4 is 5.73 Å². The van der Waals surface area contributed by atoms with Crippen LogP contribution in [0.2, 0.25) is 0 Å². The van der Waals surface area contributed by atoms with Gasteiger partial charge in [-0.3, -0.25) is 0 Å². The average Bonchev–Trinajstić information content (AvgIpc) is 2.64. The third-order valence-corrected chi connectivity index (χ3v) is 5.69. The molecule has 0 aromatic rings. The molecule has 1 heterocycles. The molecular formula is C10H20N2O2S. The third-order valence-electron chi connectivity index (χ3n) is 3.88. The van der Waals surface area contributed by atoms with Gasteiger partial charge in [-0.05, 0) is 31.6 Å². The molecule has 0 radical (unpaired) electrons. The number of hydrogen-bond acceptors (Lipinski definition) is 3. The van der Waals surface area contributed by atoms with Gasteiger partial charge in [0, 0.05) is 19.1 Å². The summed E-state index contributed by atoms with van der Waals surface area (Å²) in [5.41, 5.74) is 6.05. The highest BCUT2D eigenvalue weighted by Crippen LogP contribution is 2.36. The number of sulfonamides is 1. The number of nitrogens with zero attached hydrogens (tertiary/aromatic N) is 1. The lowest BCUT2D eigenvalue weighted by atomic mass is 9.78. The van der Waals surface area contributed by atoms with Crippen LogP contribution in [0.5, 0.6) is 0 Å². The maximum absolute atomic E-state index is 11.7. The van der Waals surface area contributed by atoms with E-state index in [2.05, 4.69) is 0 Å². The zero-order valence-electron chi connectivity index (χ0n) is 9.22. The second kappa shape index (κ2) is 4.03. The van der Waals surface area contributed by atoms with E-state index in [0.29, 0.717) is 24.9 Å². The molecule has 1 aliphatic carbocycles. The predicted molar refractivity (Wildman–Crippen MR) is 59.8 cm³/mol. The molecule has 5 heteroatoms. The Morgan fingerprint density at radius 3 is 2.67 bits per heavy atom. The van der Waals surface area contributed by atoms with Crippen molar-refractivity contribution in [2.45, 2.75) is 32.2 Å². The van der Waals surface area contributed by atoms with Gasteiger partial charge in [-0.15, -0.1) is 0 Å². The van der Waals surface area contributed by atoms with Crippen LogP contribution in [0, 0.1) is 11.8 Å². The normalized spacial score (nSPS) is 37.9. The first-order valence-corrected chi connectivity index (χ1v) is 7.39. The van der Waals surface area contributed by atoms with Gasteiger partial charge in [0.25, 0.3) is 0 Å². The molecule has 1 saturated carbocycles. The molecule has 2 fully saturated rings. The Bertz CT molecular complexity index is 328. The van der Waals surface area contributed by atoms with Gasteiger partial charge in [0.1, 0.15) is 0 Å². The van der Waals surface area contributed by atoms with Gasteiger partial charge in [-0.2, -0.15) is 0 Å². The number of rotatable bonds is 2. The molecule has 0 aromatic heterocycles. The SMILES string of the molecule is CCS(=O)(=O)N1CC2CCCC(N)C2C1. The molecule has 88 valence electrons. The van der Waals surface area contributed by atoms with Gasteiger partial charge in [-0.25, -0.2) is 12.7 Å². The zero-order chi connectivity index (χ0) is 11.1. The van der Waals surface area contributed by atoms with Crippen molar-refractivity contribution < 1.29 is 8.42 Å². The van der Waals surface area contributed by atoms with Crippen LogP contribution in [-0.2, 0) is 10.0 Å². The van der Waals surface area contributed by atoms with Crippen molar-refractivity contribution in [1.29, 1.82) is 0 Å². The van der Waals surface area contributed by atoms with Gasteiger partial charge in [-0.1, -0.05) is 6.42 Å². The lowest BCUT2D eigenvalue weighted by Crippen LogP contribution is -2.38. The maximum Gasteiger partial charge on any atom is 0.213 e. The van der Waals surface area contributed by atoms with Crippen LogP contribution in [0.3, 0.4) is 0 Å². The Morgan fingerprint density at radius 1 is 1.33 bits per heavy atom. The minimum absolute atomic E-state index is 0.209. The predicted octanol–water partition coefficient (Wildman–Crippen LogP) is 0.395. The fourth-order valence-corrected chi connectivity index (χ4v) is 4.07. The molecule has 0 aromatic carbocycles. The molecule has 3 atom stereocenters. The summed E-state index contributed by atoms with van der Waals surface area (Å²) in [6.45, 7) is 3.06. The molecule has 3 unspecified atom stereocenters. The van der Waals surface area contributed by atoms with Crippen LogP contribution >= 0.6 is 0 Å². The zero-order valence-corrected chi connectivity index (χ0v) is 10.0. The van der Waals surface area contributed by atoms with E-state index in [9.17, 15) is 8.42 Å². The molecule has 4 nitrogen and oxygen atoms in total. The Hall–Kier alpha value is -0.130. The van der Waals surface area contributed by atoms with E-state index in [-0.39, 0.29) is 11.8 Å². The Morgan fingerprint density at radius 2 is 2.07 bits per heavy atom. The molecule has 0 spiro atoms. The molecule has 0 bridgehead atoms. The topological polar surface area (TPSA) is 63.4 Å². The fraction of sp³-hybridized carbons (Fsp3) is 1.00. The molecule has 15 heavy (non-hydrogen) atoms. The molecule has 1 aliphatic heterocycles. The van der Waals surface area contributed by atoms with Crippen molar-refractivity contribution in [1.82, 2.24) is 4.31 Å². The first-order valence-electron chi connectivity index (χ1n) is 5.78. The molecule has 2 aliphatic rings. The fourth-order valence-electron chi connectivity index (χ4n) is 2.89. The second-order valence-electron chi connectivity index (χ2n) is 4.74. The lowest BCUT2D eigenvalue weighted by Gasteiger charge is -2.29. The van der Waals surface area contributed by atoms with Crippen LogP contribution in [0.4, 0.5) is 0 Å². The minimum atomic E-state index is -3.00. The Kier molecular flexibility index (Phi) is 3.05. The second-order valence-corrected chi connectivity index (χ2v) is 6.99. The van der Waals surface area contributed by atoms with Crippen LogP contribution in [-0.4, -0.2) is 37.6 Å². The summed E-state index contributed by atoms with van der Waals surface area (Å²) in [6, 6.07) is 0.209. The molecule has 2 N–H and O–H groups in total. The van der Waals surface area contributed by atoms with Crippen molar-refractivity contribution in [3.8, 4) is 0 Å². The highest BCUT2D eigenvalue weighted by atomic mass is 32.2. The van der Waals surface area contributed by atoms with E-state index in [1.54, 1.807) is 11.2 Å². The van der Waals surface area contributed by atoms with Crippen molar-refractivity contribution in [2.24, 2.45) is 17.6 Å². The number of fused-ring (bicyclic) bond motifs is 1. The summed E-state index contributed by atoms with van der Waals surface area (Å²) in [5.74, 6) is 1.12. The van der Waals surface area contributed by atoms with E-state index in [1.165, 1.54) is 0 Å². The molecule has 1 saturated heterocycles. The minimum Gasteiger partial charge on any atom is -0.327 e. The monoisotopic (exact) mass is 232 g/mol. The first kappa shape index (κ1) is 11.4. The van der Waals surface area contributed by atoms with Gasteiger partial charge < -0.3 is 5.73 Å². The van der Waals surface area contributed by atoms with E-state index in [4.69, 9.17) is 5.73 Å². The summed E-state index contributed by atoms with van der Waals surface area (Å²) in [5, 5.41) is 0. The smallest absolute Gasteiger partial charge is 0.213 e. The lowest BCUT2D eigenvalue weighted by molar-refractivity contribution is 0.260. The summed E-state index contributed by atoms with van der Waals surface area (Å²) >= 11 is 0.